The molecule has 0 radical (unpaired) electrons. The number of thioether (sulfide) groups is 1. The van der Waals surface area contributed by atoms with Crippen LogP contribution in [-0.2, 0) is 22.6 Å². The second-order valence-electron chi connectivity index (χ2n) is 10.8. The Balaban J connectivity index is 1.20. The molecule has 1 amide bonds. The van der Waals surface area contributed by atoms with Crippen molar-refractivity contribution in [1.29, 1.82) is 0 Å². The number of amides is 1. The van der Waals surface area contributed by atoms with E-state index in [1.807, 2.05) is 78.9 Å². The van der Waals surface area contributed by atoms with Crippen molar-refractivity contribution in [2.45, 2.75) is 43.0 Å². The first kappa shape index (κ1) is 29.9. The van der Waals surface area contributed by atoms with Crippen LogP contribution >= 0.6 is 11.8 Å². The molecule has 1 fully saturated rings. The van der Waals surface area contributed by atoms with Crippen LogP contribution in [0.5, 0.6) is 0 Å². The number of rotatable bonds is 10. The van der Waals surface area contributed by atoms with Crippen LogP contribution in [0.15, 0.2) is 138 Å². The summed E-state index contributed by atoms with van der Waals surface area (Å²) in [5.74, 6) is 0.719. The minimum Gasteiger partial charge on any atom is -0.392 e. The van der Waals surface area contributed by atoms with E-state index < -0.39 is 6.29 Å². The normalized spacial score (nSPS) is 18.1. The van der Waals surface area contributed by atoms with E-state index in [4.69, 9.17) is 9.47 Å². The van der Waals surface area contributed by atoms with Gasteiger partial charge in [-0.1, -0.05) is 97.1 Å². The lowest BCUT2D eigenvalue weighted by molar-refractivity contribution is -0.245. The highest BCUT2D eigenvalue weighted by Crippen LogP contribution is 2.40. The molecular weight excluding hydrogens is 566 g/mol. The number of ether oxygens (including phenoxy) is 2. The van der Waals surface area contributed by atoms with Gasteiger partial charge in [-0.3, -0.25) is 4.79 Å². The van der Waals surface area contributed by atoms with Gasteiger partial charge in [0.15, 0.2) is 6.29 Å². The van der Waals surface area contributed by atoms with Gasteiger partial charge in [0.05, 0.1) is 18.8 Å². The van der Waals surface area contributed by atoms with Crippen LogP contribution in [0.25, 0.3) is 11.1 Å². The lowest BCUT2D eigenvalue weighted by Gasteiger charge is -2.36. The first-order chi connectivity index (χ1) is 21.6. The van der Waals surface area contributed by atoms with Gasteiger partial charge < -0.3 is 19.9 Å². The van der Waals surface area contributed by atoms with E-state index >= 15 is 0 Å². The summed E-state index contributed by atoms with van der Waals surface area (Å²) in [7, 11) is 0. The Morgan fingerprint density at radius 1 is 0.727 bits per heavy atom. The fraction of sp³-hybridized carbons (Fsp3) is 0.184. The van der Waals surface area contributed by atoms with Crippen LogP contribution in [0.2, 0.25) is 0 Å². The van der Waals surface area contributed by atoms with E-state index in [1.165, 1.54) is 4.90 Å². The van der Waals surface area contributed by atoms with Crippen LogP contribution in [0.3, 0.4) is 0 Å². The summed E-state index contributed by atoms with van der Waals surface area (Å²) in [6.07, 6.45) is 0.0660. The molecule has 1 saturated heterocycles. The Bertz CT molecular complexity index is 1660. The highest BCUT2D eigenvalue weighted by atomic mass is 32.2. The van der Waals surface area contributed by atoms with Gasteiger partial charge in [0.1, 0.15) is 0 Å². The standard InChI is InChI=1S/C38H35NO4S/c40-25-27-17-19-29(20-18-27)36-23-34(26-44-35-15-5-2-6-16-35)42-38(43-36)33-14-8-13-32(22-33)31-12-7-9-28(21-31)24-39-37(41)30-10-3-1-4-11-30/h1-22,34,36,38,40H,23-26H2,(H,39,41). The molecule has 0 spiro atoms. The van der Waals surface area contributed by atoms with Gasteiger partial charge in [-0.15, -0.1) is 11.8 Å². The molecule has 5 aromatic carbocycles. The molecule has 6 heteroatoms. The molecule has 222 valence electrons. The number of benzene rings is 5. The van der Waals surface area contributed by atoms with E-state index in [-0.39, 0.29) is 24.7 Å². The molecule has 1 aliphatic heterocycles. The summed E-state index contributed by atoms with van der Waals surface area (Å²) in [4.78, 5) is 13.8. The van der Waals surface area contributed by atoms with Crippen LogP contribution in [0, 0.1) is 0 Å². The van der Waals surface area contributed by atoms with Crippen molar-refractivity contribution in [2.24, 2.45) is 0 Å². The molecule has 3 atom stereocenters. The minimum absolute atomic E-state index is 0.0123. The molecule has 0 bridgehead atoms. The van der Waals surface area contributed by atoms with Gasteiger partial charge in [0.2, 0.25) is 0 Å². The average molecular weight is 602 g/mol. The Morgan fingerprint density at radius 2 is 1.43 bits per heavy atom. The molecule has 1 aliphatic rings. The van der Waals surface area contributed by atoms with E-state index in [0.29, 0.717) is 12.1 Å². The molecular formula is C38H35NO4S. The third-order valence-electron chi connectivity index (χ3n) is 7.70. The maximum Gasteiger partial charge on any atom is 0.251 e. The first-order valence-corrected chi connectivity index (χ1v) is 15.8. The Morgan fingerprint density at radius 3 is 2.18 bits per heavy atom. The quantitative estimate of drug-likeness (QED) is 0.158. The molecule has 6 rings (SSSR count). The predicted octanol–water partition coefficient (Wildman–Crippen LogP) is 8.11. The van der Waals surface area contributed by atoms with Crippen LogP contribution in [0.1, 0.15) is 51.4 Å². The molecule has 5 nitrogen and oxygen atoms in total. The molecule has 44 heavy (non-hydrogen) atoms. The summed E-state index contributed by atoms with van der Waals surface area (Å²) in [6, 6.07) is 44.1. The minimum atomic E-state index is -0.527. The predicted molar refractivity (Wildman–Crippen MR) is 175 cm³/mol. The Hall–Kier alpha value is -4.20. The smallest absolute Gasteiger partial charge is 0.251 e. The highest BCUT2D eigenvalue weighted by Gasteiger charge is 2.32. The van der Waals surface area contributed by atoms with Gasteiger partial charge >= 0.3 is 0 Å². The SMILES string of the molecule is O=C(NCc1cccc(-c2cccc(C3OC(CSc4ccccc4)CC(c4ccc(CO)cc4)O3)c2)c1)c1ccccc1. The second-order valence-corrected chi connectivity index (χ2v) is 11.9. The van der Waals surface area contributed by atoms with Crippen molar-refractivity contribution in [3.05, 3.63) is 161 Å². The monoisotopic (exact) mass is 601 g/mol. The number of aliphatic hydroxyl groups is 1. The van der Waals surface area contributed by atoms with Crippen molar-refractivity contribution >= 4 is 17.7 Å². The van der Waals surface area contributed by atoms with Crippen molar-refractivity contribution in [3.8, 4) is 11.1 Å². The van der Waals surface area contributed by atoms with Gasteiger partial charge in [-0.05, 0) is 64.2 Å². The van der Waals surface area contributed by atoms with E-state index in [9.17, 15) is 9.90 Å². The zero-order valence-electron chi connectivity index (χ0n) is 24.3. The number of hydrogen-bond donors (Lipinski definition) is 2. The highest BCUT2D eigenvalue weighted by molar-refractivity contribution is 7.99. The van der Waals surface area contributed by atoms with Crippen molar-refractivity contribution in [1.82, 2.24) is 5.32 Å². The second kappa shape index (κ2) is 14.5. The molecule has 5 aromatic rings. The third kappa shape index (κ3) is 7.65. The molecule has 0 aliphatic carbocycles. The average Bonchev–Trinajstić information content (AvgIpc) is 3.10. The van der Waals surface area contributed by atoms with E-state index in [1.54, 1.807) is 11.8 Å². The Kier molecular flexibility index (Phi) is 9.85. The van der Waals surface area contributed by atoms with Crippen molar-refractivity contribution < 1.29 is 19.4 Å². The maximum atomic E-state index is 12.6. The zero-order chi connectivity index (χ0) is 30.1. The van der Waals surface area contributed by atoms with Gasteiger partial charge in [0.25, 0.3) is 5.91 Å². The van der Waals surface area contributed by atoms with Crippen molar-refractivity contribution in [2.75, 3.05) is 5.75 Å². The summed E-state index contributed by atoms with van der Waals surface area (Å²) >= 11 is 1.79. The van der Waals surface area contributed by atoms with E-state index in [0.717, 1.165) is 45.6 Å². The first-order valence-electron chi connectivity index (χ1n) is 14.9. The van der Waals surface area contributed by atoms with Gasteiger partial charge in [-0.25, -0.2) is 0 Å². The summed E-state index contributed by atoms with van der Waals surface area (Å²) in [6.45, 7) is 0.453. The number of aliphatic hydroxyl groups excluding tert-OH is 1. The maximum absolute atomic E-state index is 12.6. The van der Waals surface area contributed by atoms with Gasteiger partial charge in [-0.2, -0.15) is 0 Å². The Labute approximate surface area is 262 Å². The topological polar surface area (TPSA) is 67.8 Å². The number of hydrogen-bond acceptors (Lipinski definition) is 5. The zero-order valence-corrected chi connectivity index (χ0v) is 25.2. The number of carbonyl (C=O) groups is 1. The van der Waals surface area contributed by atoms with Crippen LogP contribution in [0.4, 0.5) is 0 Å². The molecule has 2 N–H and O–H groups in total. The molecule has 1 heterocycles. The number of carbonyl (C=O) groups excluding carboxylic acids is 1. The number of nitrogens with one attached hydrogen (secondary N) is 1. The third-order valence-corrected chi connectivity index (χ3v) is 8.85. The van der Waals surface area contributed by atoms with Crippen molar-refractivity contribution in [3.63, 3.8) is 0 Å². The molecule has 0 aromatic heterocycles. The fourth-order valence-corrected chi connectivity index (χ4v) is 6.27. The van der Waals surface area contributed by atoms with Crippen LogP contribution < -0.4 is 5.32 Å². The summed E-state index contributed by atoms with van der Waals surface area (Å²) in [5, 5.41) is 12.5. The van der Waals surface area contributed by atoms with Crippen LogP contribution in [-0.4, -0.2) is 22.9 Å². The van der Waals surface area contributed by atoms with E-state index in [2.05, 4.69) is 59.9 Å². The largest absolute Gasteiger partial charge is 0.392 e. The summed E-state index contributed by atoms with van der Waals surface area (Å²) < 4.78 is 13.2. The lowest BCUT2D eigenvalue weighted by Crippen LogP contribution is -2.31. The van der Waals surface area contributed by atoms with Gasteiger partial charge in [0, 0.05) is 34.7 Å². The summed E-state index contributed by atoms with van der Waals surface area (Å²) in [5.41, 5.74) is 6.68. The molecule has 3 unspecified atom stereocenters. The fourth-order valence-electron chi connectivity index (χ4n) is 5.33. The lowest BCUT2D eigenvalue weighted by atomic mass is 9.99. The molecule has 0 saturated carbocycles.